The fourth-order valence-electron chi connectivity index (χ4n) is 3.58. The van der Waals surface area contributed by atoms with Crippen LogP contribution < -0.4 is 10.5 Å². The number of pyridine rings is 1. The van der Waals surface area contributed by atoms with Gasteiger partial charge in [0.2, 0.25) is 9.04 Å². The molecule has 30 heavy (non-hydrogen) atoms. The molecule has 0 spiro atoms. The van der Waals surface area contributed by atoms with Gasteiger partial charge in [0.15, 0.2) is 0 Å². The minimum Gasteiger partial charge on any atom is -0.441 e. The van der Waals surface area contributed by atoms with Gasteiger partial charge in [0, 0.05) is 0 Å². The van der Waals surface area contributed by atoms with Crippen molar-refractivity contribution in [1.82, 2.24) is 4.98 Å². The van der Waals surface area contributed by atoms with Crippen LogP contribution in [-0.2, 0) is 18.5 Å². The van der Waals surface area contributed by atoms with E-state index in [0.717, 1.165) is 0 Å². The lowest BCUT2D eigenvalue weighted by atomic mass is 9.84. The van der Waals surface area contributed by atoms with Crippen molar-refractivity contribution in [3.8, 4) is 0 Å². The van der Waals surface area contributed by atoms with Crippen LogP contribution in [0, 0.1) is 5.41 Å². The summed E-state index contributed by atoms with van der Waals surface area (Å²) in [4.78, 5) is 18.7. The summed E-state index contributed by atoms with van der Waals surface area (Å²) in [5, 5.41) is 0. The maximum Gasteiger partial charge on any atom is 0.514 e. The zero-order valence-corrected chi connectivity index (χ0v) is 20.6. The SMILES string of the molecule is C[Si](C)O[C@@H](C1CN(c2ccc(B3OC(C)(C)C(C)(C)O3)nc2)C(=O)O1)C(C)(C)C. The first-order chi connectivity index (χ1) is 13.7. The number of nitrogens with zero attached hydrogens (tertiary/aromatic N) is 2. The van der Waals surface area contributed by atoms with E-state index in [9.17, 15) is 4.79 Å². The highest BCUT2D eigenvalue weighted by Crippen LogP contribution is 2.36. The third kappa shape index (κ3) is 4.59. The Hall–Kier alpha value is -1.42. The van der Waals surface area contributed by atoms with Gasteiger partial charge in [-0.2, -0.15) is 0 Å². The van der Waals surface area contributed by atoms with E-state index >= 15 is 0 Å². The van der Waals surface area contributed by atoms with E-state index in [4.69, 9.17) is 18.5 Å². The summed E-state index contributed by atoms with van der Waals surface area (Å²) >= 11 is 0. The molecule has 3 rings (SSSR count). The number of amides is 1. The van der Waals surface area contributed by atoms with Gasteiger partial charge in [-0.3, -0.25) is 9.88 Å². The van der Waals surface area contributed by atoms with Gasteiger partial charge in [0.1, 0.15) is 6.10 Å². The molecule has 1 aromatic heterocycles. The van der Waals surface area contributed by atoms with E-state index in [2.05, 4.69) is 38.8 Å². The van der Waals surface area contributed by atoms with E-state index in [1.165, 1.54) is 0 Å². The Morgan fingerprint density at radius 2 is 1.80 bits per heavy atom. The van der Waals surface area contributed by atoms with Crippen molar-refractivity contribution in [1.29, 1.82) is 0 Å². The topological polar surface area (TPSA) is 70.1 Å². The van der Waals surface area contributed by atoms with Gasteiger partial charge in [0.25, 0.3) is 0 Å². The average Bonchev–Trinajstić information content (AvgIpc) is 3.08. The van der Waals surface area contributed by atoms with Crippen LogP contribution in [0.3, 0.4) is 0 Å². The predicted octanol–water partition coefficient (Wildman–Crippen LogP) is 3.39. The smallest absolute Gasteiger partial charge is 0.441 e. The molecule has 3 heterocycles. The van der Waals surface area contributed by atoms with Gasteiger partial charge in [-0.25, -0.2) is 4.79 Å². The highest BCUT2D eigenvalue weighted by atomic mass is 28.3. The molecule has 9 heteroatoms. The maximum absolute atomic E-state index is 12.6. The minimum atomic E-state index is -0.935. The number of hydrogen-bond donors (Lipinski definition) is 0. The zero-order chi connectivity index (χ0) is 22.5. The molecular weight excluding hydrogens is 399 g/mol. The monoisotopic (exact) mass is 433 g/mol. The molecule has 1 aromatic rings. The molecule has 0 N–H and O–H groups in total. The van der Waals surface area contributed by atoms with Crippen LogP contribution in [-0.4, -0.2) is 57.2 Å². The van der Waals surface area contributed by atoms with Crippen LogP contribution in [0.5, 0.6) is 0 Å². The van der Waals surface area contributed by atoms with Crippen molar-refractivity contribution in [3.63, 3.8) is 0 Å². The lowest BCUT2D eigenvalue weighted by Gasteiger charge is -2.35. The molecule has 7 nitrogen and oxygen atoms in total. The Morgan fingerprint density at radius 3 is 2.27 bits per heavy atom. The normalized spacial score (nSPS) is 24.5. The summed E-state index contributed by atoms with van der Waals surface area (Å²) in [7, 11) is -1.47. The molecule has 165 valence electrons. The van der Waals surface area contributed by atoms with Gasteiger partial charge in [0.05, 0.1) is 41.3 Å². The van der Waals surface area contributed by atoms with E-state index < -0.39 is 27.4 Å². The summed E-state index contributed by atoms with van der Waals surface area (Å²) in [6.45, 7) is 19.0. The molecule has 0 aromatic carbocycles. The number of carbonyl (C=O) groups excluding carboxylic acids is 1. The van der Waals surface area contributed by atoms with E-state index in [1.807, 2.05) is 39.8 Å². The number of aromatic nitrogens is 1. The molecular formula is C21H34BN2O5Si. The molecule has 2 fully saturated rings. The Labute approximate surface area is 182 Å². The first kappa shape index (κ1) is 23.2. The highest BCUT2D eigenvalue weighted by molar-refractivity contribution is 6.61. The van der Waals surface area contributed by atoms with Crippen LogP contribution >= 0.6 is 0 Å². The Morgan fingerprint density at radius 1 is 1.20 bits per heavy atom. The van der Waals surface area contributed by atoms with Crippen molar-refractivity contribution in [2.24, 2.45) is 5.41 Å². The van der Waals surface area contributed by atoms with Crippen LogP contribution in [0.1, 0.15) is 48.5 Å². The molecule has 0 bridgehead atoms. The summed E-state index contributed by atoms with van der Waals surface area (Å²) in [5.41, 5.74) is 0.382. The van der Waals surface area contributed by atoms with Crippen LogP contribution in [0.15, 0.2) is 18.3 Å². The van der Waals surface area contributed by atoms with Gasteiger partial charge < -0.3 is 18.5 Å². The minimum absolute atomic E-state index is 0.137. The maximum atomic E-state index is 12.6. The third-order valence-electron chi connectivity index (χ3n) is 5.97. The number of anilines is 1. The molecule has 2 aliphatic heterocycles. The molecule has 0 saturated carbocycles. The third-order valence-corrected chi connectivity index (χ3v) is 6.69. The van der Waals surface area contributed by atoms with Crippen LogP contribution in [0.2, 0.25) is 13.1 Å². The molecule has 1 radical (unpaired) electrons. The van der Waals surface area contributed by atoms with E-state index in [-0.39, 0.29) is 23.7 Å². The lowest BCUT2D eigenvalue weighted by molar-refractivity contribution is -0.0143. The van der Waals surface area contributed by atoms with Gasteiger partial charge in [-0.1, -0.05) is 20.8 Å². The Bertz CT molecular complexity index is 763. The first-order valence-corrected chi connectivity index (χ1v) is 12.9. The fraction of sp³-hybridized carbons (Fsp3) is 0.714. The largest absolute Gasteiger partial charge is 0.514 e. The fourth-order valence-corrected chi connectivity index (χ4v) is 4.59. The highest BCUT2D eigenvalue weighted by Gasteiger charge is 2.52. The summed E-state index contributed by atoms with van der Waals surface area (Å²) in [6.07, 6.45) is 0.822. The first-order valence-electron chi connectivity index (χ1n) is 10.5. The summed E-state index contributed by atoms with van der Waals surface area (Å²) in [6, 6.07) is 3.70. The number of rotatable bonds is 5. The Balaban J connectivity index is 1.73. The molecule has 2 atom stereocenters. The lowest BCUT2D eigenvalue weighted by Crippen LogP contribution is -2.44. The van der Waals surface area contributed by atoms with Crippen molar-refractivity contribution < 1.29 is 23.3 Å². The van der Waals surface area contributed by atoms with E-state index in [1.54, 1.807) is 11.1 Å². The second-order valence-electron chi connectivity index (χ2n) is 10.4. The molecule has 2 aliphatic rings. The summed E-state index contributed by atoms with van der Waals surface area (Å²) < 4.78 is 24.0. The second kappa shape index (κ2) is 7.93. The Kier molecular flexibility index (Phi) is 6.14. The van der Waals surface area contributed by atoms with E-state index in [0.29, 0.717) is 17.8 Å². The van der Waals surface area contributed by atoms with Crippen LogP contribution in [0.25, 0.3) is 0 Å². The number of ether oxygens (including phenoxy) is 1. The van der Waals surface area contributed by atoms with Crippen molar-refractivity contribution >= 4 is 33.5 Å². The van der Waals surface area contributed by atoms with Crippen molar-refractivity contribution in [3.05, 3.63) is 18.3 Å². The van der Waals surface area contributed by atoms with Crippen LogP contribution in [0.4, 0.5) is 10.5 Å². The number of cyclic esters (lactones) is 1. The van der Waals surface area contributed by atoms with Crippen molar-refractivity contribution in [2.45, 2.75) is 85.0 Å². The average molecular weight is 433 g/mol. The standard InChI is InChI=1S/C21H34BN2O5Si/c1-19(2,3)17(27-30(8)9)15-13-24(18(25)26-15)14-10-11-16(23-12-14)22-28-20(4,5)21(6,7)29-22/h10-12,15,17H,13H2,1-9H3/t15?,17-/m0/s1. The molecule has 1 amide bonds. The van der Waals surface area contributed by atoms with Gasteiger partial charge >= 0.3 is 13.2 Å². The quantitative estimate of drug-likeness (QED) is 0.663. The zero-order valence-electron chi connectivity index (χ0n) is 19.6. The van der Waals surface area contributed by atoms with Gasteiger partial charge in [-0.15, -0.1) is 0 Å². The predicted molar refractivity (Wildman–Crippen MR) is 119 cm³/mol. The van der Waals surface area contributed by atoms with Gasteiger partial charge in [-0.05, 0) is 58.3 Å². The second-order valence-corrected chi connectivity index (χ2v) is 12.4. The molecule has 1 unspecified atom stereocenters. The molecule has 2 saturated heterocycles. The number of carbonyl (C=O) groups is 1. The van der Waals surface area contributed by atoms with Crippen molar-refractivity contribution in [2.75, 3.05) is 11.4 Å². The number of hydrogen-bond acceptors (Lipinski definition) is 6. The molecule has 0 aliphatic carbocycles. The summed E-state index contributed by atoms with van der Waals surface area (Å²) in [5.74, 6) is 0.